The van der Waals surface area contributed by atoms with E-state index in [0.29, 0.717) is 19.9 Å². The molecule has 0 aliphatic carbocycles. The summed E-state index contributed by atoms with van der Waals surface area (Å²) in [5.41, 5.74) is 1.54. The van der Waals surface area contributed by atoms with E-state index >= 15 is 0 Å². The Bertz CT molecular complexity index is 1020. The maximum Gasteiger partial charge on any atom is 0.250 e. The van der Waals surface area contributed by atoms with Crippen LogP contribution < -0.4 is 4.90 Å². The van der Waals surface area contributed by atoms with Crippen LogP contribution in [-0.2, 0) is 20.1 Å². The number of carbonyl (C=O) groups excluding carboxylic acids is 1. The molecule has 36 heavy (non-hydrogen) atoms. The van der Waals surface area contributed by atoms with E-state index in [9.17, 15) is 9.18 Å². The predicted octanol–water partition coefficient (Wildman–Crippen LogP) is 4.74. The summed E-state index contributed by atoms with van der Waals surface area (Å²) >= 11 is 0. The second kappa shape index (κ2) is 10.5. The number of carbonyl (C=O) groups is 1. The molecule has 0 unspecified atom stereocenters. The summed E-state index contributed by atoms with van der Waals surface area (Å²) in [7, 11) is 0. The maximum absolute atomic E-state index is 13.8. The van der Waals surface area contributed by atoms with Crippen molar-refractivity contribution in [3.8, 4) is 0 Å². The molecule has 7 heteroatoms. The first kappa shape index (κ1) is 25.2. The lowest BCUT2D eigenvalue weighted by Gasteiger charge is -2.43. The molecule has 5 rings (SSSR count). The number of amides is 1. The van der Waals surface area contributed by atoms with Gasteiger partial charge in [0.1, 0.15) is 11.4 Å². The zero-order chi connectivity index (χ0) is 25.2. The van der Waals surface area contributed by atoms with Crippen LogP contribution in [0.1, 0.15) is 51.5 Å². The lowest BCUT2D eigenvalue weighted by atomic mass is 9.85. The summed E-state index contributed by atoms with van der Waals surface area (Å²) < 4.78 is 25.5. The molecule has 3 heterocycles. The quantitative estimate of drug-likeness (QED) is 0.529. The molecule has 6 nitrogen and oxygen atoms in total. The first-order chi connectivity index (χ1) is 17.5. The monoisotopic (exact) mass is 495 g/mol. The number of para-hydroxylation sites is 1. The molecule has 0 bridgehead atoms. The van der Waals surface area contributed by atoms with Crippen LogP contribution in [0.15, 0.2) is 54.6 Å². The molecule has 1 atom stereocenters. The molecule has 1 spiro atoms. The van der Waals surface area contributed by atoms with Gasteiger partial charge in [0, 0.05) is 36.8 Å². The van der Waals surface area contributed by atoms with E-state index in [0.717, 1.165) is 63.0 Å². The van der Waals surface area contributed by atoms with Crippen LogP contribution in [0.2, 0.25) is 0 Å². The van der Waals surface area contributed by atoms with E-state index in [1.807, 2.05) is 6.07 Å². The third-order valence-electron chi connectivity index (χ3n) is 8.36. The Morgan fingerprint density at radius 2 is 1.67 bits per heavy atom. The molecule has 3 aliphatic rings. The van der Waals surface area contributed by atoms with Crippen LogP contribution in [0.4, 0.5) is 10.1 Å². The van der Waals surface area contributed by atoms with Crippen molar-refractivity contribution < 1.29 is 18.7 Å². The van der Waals surface area contributed by atoms with Crippen molar-refractivity contribution in [2.24, 2.45) is 0 Å². The molecule has 0 radical (unpaired) electrons. The van der Waals surface area contributed by atoms with Crippen molar-refractivity contribution in [2.75, 3.05) is 44.4 Å². The minimum Gasteiger partial charge on any atom is -0.343 e. The van der Waals surface area contributed by atoms with Crippen molar-refractivity contribution >= 4 is 11.6 Å². The fourth-order valence-corrected chi connectivity index (χ4v) is 6.01. The largest absolute Gasteiger partial charge is 0.343 e. The standard InChI is InChI=1S/C29H38FN3O3/c1-3-23(2)32-22-33(26-8-5-4-6-9-26)28(27(32)34)15-18-31(19-16-28)17-7-14-29(35-20-21-36-29)24-10-12-25(30)13-11-24/h4-6,8-13,23H,3,7,14-22H2,1-2H3/t23-/m0/s1. The fourth-order valence-electron chi connectivity index (χ4n) is 6.01. The smallest absolute Gasteiger partial charge is 0.250 e. The Hall–Kier alpha value is -2.48. The molecule has 0 aromatic heterocycles. The zero-order valence-electron chi connectivity index (χ0n) is 21.5. The molecule has 3 fully saturated rings. The predicted molar refractivity (Wildman–Crippen MR) is 138 cm³/mol. The lowest BCUT2D eigenvalue weighted by Crippen LogP contribution is -2.56. The van der Waals surface area contributed by atoms with Gasteiger partial charge in [-0.3, -0.25) is 4.79 Å². The second-order valence-corrected chi connectivity index (χ2v) is 10.4. The number of ether oxygens (including phenoxy) is 2. The van der Waals surface area contributed by atoms with Gasteiger partial charge >= 0.3 is 0 Å². The highest BCUT2D eigenvalue weighted by Gasteiger charge is 2.54. The maximum atomic E-state index is 13.8. The van der Waals surface area contributed by atoms with Crippen molar-refractivity contribution in [1.29, 1.82) is 0 Å². The summed E-state index contributed by atoms with van der Waals surface area (Å²) in [5.74, 6) is -0.761. The van der Waals surface area contributed by atoms with Gasteiger partial charge in [-0.1, -0.05) is 37.3 Å². The third kappa shape index (κ3) is 4.64. The van der Waals surface area contributed by atoms with Crippen LogP contribution >= 0.6 is 0 Å². The van der Waals surface area contributed by atoms with E-state index in [-0.39, 0.29) is 17.8 Å². The number of piperidine rings is 1. The minimum absolute atomic E-state index is 0.232. The van der Waals surface area contributed by atoms with Crippen LogP contribution in [0, 0.1) is 5.82 Å². The number of hydrogen-bond acceptors (Lipinski definition) is 5. The molecular formula is C29H38FN3O3. The summed E-state index contributed by atoms with van der Waals surface area (Å²) in [6.45, 7) is 8.74. The van der Waals surface area contributed by atoms with Crippen molar-refractivity contribution in [3.05, 3.63) is 66.0 Å². The molecule has 0 saturated carbocycles. The number of anilines is 1. The molecule has 2 aromatic carbocycles. The molecule has 1 amide bonds. The van der Waals surface area contributed by atoms with Gasteiger partial charge in [0.05, 0.1) is 19.9 Å². The number of hydrogen-bond donors (Lipinski definition) is 0. The third-order valence-corrected chi connectivity index (χ3v) is 8.36. The highest BCUT2D eigenvalue weighted by atomic mass is 19.1. The Morgan fingerprint density at radius 3 is 2.31 bits per heavy atom. The number of likely N-dealkylation sites (tertiary alicyclic amines) is 1. The van der Waals surface area contributed by atoms with Gasteiger partial charge in [-0.2, -0.15) is 0 Å². The van der Waals surface area contributed by atoms with Gasteiger partial charge in [0.2, 0.25) is 5.91 Å². The first-order valence-electron chi connectivity index (χ1n) is 13.4. The van der Waals surface area contributed by atoms with Gasteiger partial charge in [0.25, 0.3) is 0 Å². The van der Waals surface area contributed by atoms with E-state index in [1.165, 1.54) is 12.1 Å². The highest BCUT2D eigenvalue weighted by Crippen LogP contribution is 2.41. The van der Waals surface area contributed by atoms with Gasteiger partial charge in [-0.25, -0.2) is 4.39 Å². The Kier molecular flexibility index (Phi) is 7.33. The number of halogens is 1. The second-order valence-electron chi connectivity index (χ2n) is 10.4. The molecular weight excluding hydrogens is 457 g/mol. The molecule has 3 aliphatic heterocycles. The number of nitrogens with zero attached hydrogens (tertiary/aromatic N) is 3. The zero-order valence-corrected chi connectivity index (χ0v) is 21.5. The van der Waals surface area contributed by atoms with Crippen LogP contribution in [-0.4, -0.2) is 66.8 Å². The first-order valence-corrected chi connectivity index (χ1v) is 13.4. The van der Waals surface area contributed by atoms with E-state index in [1.54, 1.807) is 12.1 Å². The summed E-state index contributed by atoms with van der Waals surface area (Å²) in [6, 6.07) is 17.1. The molecule has 2 aromatic rings. The molecule has 194 valence electrons. The van der Waals surface area contributed by atoms with Crippen LogP contribution in [0.25, 0.3) is 0 Å². The average Bonchev–Trinajstić information content (AvgIpc) is 3.50. The Balaban J connectivity index is 1.23. The summed E-state index contributed by atoms with van der Waals surface area (Å²) in [5, 5.41) is 0. The number of benzene rings is 2. The average molecular weight is 496 g/mol. The lowest BCUT2D eigenvalue weighted by molar-refractivity contribution is -0.172. The topological polar surface area (TPSA) is 45.2 Å². The summed E-state index contributed by atoms with van der Waals surface area (Å²) in [6.07, 6.45) is 4.22. The van der Waals surface area contributed by atoms with Crippen LogP contribution in [0.5, 0.6) is 0 Å². The van der Waals surface area contributed by atoms with Gasteiger partial charge in [-0.15, -0.1) is 0 Å². The van der Waals surface area contributed by atoms with Crippen molar-refractivity contribution in [1.82, 2.24) is 9.80 Å². The van der Waals surface area contributed by atoms with Gasteiger partial charge in [-0.05, 0) is 63.4 Å². The number of rotatable bonds is 8. The van der Waals surface area contributed by atoms with E-state index in [2.05, 4.69) is 52.8 Å². The van der Waals surface area contributed by atoms with E-state index in [4.69, 9.17) is 9.47 Å². The Morgan fingerprint density at radius 1 is 1.00 bits per heavy atom. The van der Waals surface area contributed by atoms with Crippen molar-refractivity contribution in [3.63, 3.8) is 0 Å². The van der Waals surface area contributed by atoms with Gasteiger partial charge < -0.3 is 24.2 Å². The van der Waals surface area contributed by atoms with E-state index < -0.39 is 11.3 Å². The normalized spacial score (nSPS) is 22.5. The highest BCUT2D eigenvalue weighted by molar-refractivity contribution is 5.93. The van der Waals surface area contributed by atoms with Crippen LogP contribution in [0.3, 0.4) is 0 Å². The minimum atomic E-state index is -0.785. The molecule has 3 saturated heterocycles. The SMILES string of the molecule is CC[C@H](C)N1CN(c2ccccc2)C2(CCN(CCCC3(c4ccc(F)cc4)OCCO3)CC2)C1=O. The van der Waals surface area contributed by atoms with Gasteiger partial charge in [0.15, 0.2) is 5.79 Å². The fraction of sp³-hybridized carbons (Fsp3) is 0.552. The molecule has 0 N–H and O–H groups in total. The Labute approximate surface area is 214 Å². The summed E-state index contributed by atoms with van der Waals surface area (Å²) in [4.78, 5) is 20.7. The van der Waals surface area contributed by atoms with Crippen molar-refractivity contribution in [2.45, 2.75) is 63.3 Å².